The Hall–Kier alpha value is -1.63. The van der Waals surface area contributed by atoms with Crippen LogP contribution in [0.4, 0.5) is 13.2 Å². The Balaban J connectivity index is 1.89. The summed E-state index contributed by atoms with van der Waals surface area (Å²) in [7, 11) is 0. The van der Waals surface area contributed by atoms with Crippen LogP contribution in [0.2, 0.25) is 0 Å². The van der Waals surface area contributed by atoms with Gasteiger partial charge in [-0.3, -0.25) is 4.79 Å². The van der Waals surface area contributed by atoms with Gasteiger partial charge in [0, 0.05) is 11.4 Å². The summed E-state index contributed by atoms with van der Waals surface area (Å²) < 4.78 is 40.7. The van der Waals surface area contributed by atoms with Crippen LogP contribution >= 0.6 is 11.8 Å². The zero-order chi connectivity index (χ0) is 15.0. The van der Waals surface area contributed by atoms with Crippen LogP contribution in [0, 0.1) is 0 Å². The minimum Gasteiger partial charge on any atom is -0.406 e. The van der Waals surface area contributed by atoms with Crippen LogP contribution in [-0.2, 0) is 11.2 Å². The fourth-order valence-corrected chi connectivity index (χ4v) is 3.61. The smallest absolute Gasteiger partial charge is 0.406 e. The molecule has 0 radical (unpaired) electrons. The first kappa shape index (κ1) is 14.3. The highest BCUT2D eigenvalue weighted by Crippen LogP contribution is 2.42. The number of rotatable bonds is 1. The number of carbonyl (C=O) groups excluding carboxylic acids is 1. The summed E-state index contributed by atoms with van der Waals surface area (Å²) in [4.78, 5) is 13.2. The molecule has 2 aliphatic rings. The number of thioether (sulfide) groups is 1. The van der Waals surface area contributed by atoms with E-state index >= 15 is 0 Å². The highest BCUT2D eigenvalue weighted by molar-refractivity contribution is 8.04. The molecule has 3 rings (SSSR count). The second-order valence-corrected chi connectivity index (χ2v) is 5.94. The number of alkyl halides is 3. The molecule has 0 atom stereocenters. The molecule has 7 heteroatoms. The van der Waals surface area contributed by atoms with Gasteiger partial charge in [-0.25, -0.2) is 0 Å². The van der Waals surface area contributed by atoms with E-state index in [1.54, 1.807) is 6.07 Å². The number of amides is 1. The number of allylic oxidation sites excluding steroid dienone is 1. The van der Waals surface area contributed by atoms with Crippen LogP contribution in [0.5, 0.6) is 5.75 Å². The number of halogens is 3. The second kappa shape index (κ2) is 5.29. The van der Waals surface area contributed by atoms with Gasteiger partial charge in [0.1, 0.15) is 5.75 Å². The summed E-state index contributed by atoms with van der Waals surface area (Å²) >= 11 is 1.22. The Morgan fingerprint density at radius 2 is 2.10 bits per heavy atom. The third kappa shape index (κ3) is 3.18. The van der Waals surface area contributed by atoms with Gasteiger partial charge in [0.05, 0.1) is 4.91 Å². The minimum absolute atomic E-state index is 0.139. The molecule has 0 aliphatic carbocycles. The molecular weight excluding hydrogens is 303 g/mol. The molecule has 1 N–H and O–H groups in total. The van der Waals surface area contributed by atoms with E-state index in [1.807, 2.05) is 0 Å². The van der Waals surface area contributed by atoms with Crippen LogP contribution in [0.3, 0.4) is 0 Å². The summed E-state index contributed by atoms with van der Waals surface area (Å²) in [6, 6.07) is 4.29. The molecule has 112 valence electrons. The maximum absolute atomic E-state index is 12.3. The van der Waals surface area contributed by atoms with Gasteiger partial charge in [0.15, 0.2) is 0 Å². The van der Waals surface area contributed by atoms with Gasteiger partial charge >= 0.3 is 6.36 Å². The Bertz CT molecular complexity index is 625. The van der Waals surface area contributed by atoms with Crippen molar-refractivity contribution in [1.82, 2.24) is 5.32 Å². The van der Waals surface area contributed by atoms with Gasteiger partial charge in [-0.2, -0.15) is 0 Å². The zero-order valence-electron chi connectivity index (χ0n) is 10.9. The van der Waals surface area contributed by atoms with Crippen molar-refractivity contribution in [2.24, 2.45) is 0 Å². The lowest BCUT2D eigenvalue weighted by molar-refractivity contribution is -0.274. The summed E-state index contributed by atoms with van der Waals surface area (Å²) in [5.41, 5.74) is 2.00. The van der Waals surface area contributed by atoms with Gasteiger partial charge < -0.3 is 10.1 Å². The summed E-state index contributed by atoms with van der Waals surface area (Å²) in [5, 5.41) is 2.80. The van der Waals surface area contributed by atoms with Gasteiger partial charge in [0.2, 0.25) is 0 Å². The van der Waals surface area contributed by atoms with E-state index in [0.29, 0.717) is 22.8 Å². The van der Waals surface area contributed by atoms with Crippen molar-refractivity contribution in [2.45, 2.75) is 30.5 Å². The average molecular weight is 315 g/mol. The summed E-state index contributed by atoms with van der Waals surface area (Å²) in [6.07, 6.45) is -2.38. The van der Waals surface area contributed by atoms with E-state index in [9.17, 15) is 18.0 Å². The number of hydrogen-bond acceptors (Lipinski definition) is 3. The molecule has 2 aliphatic heterocycles. The van der Waals surface area contributed by atoms with Crippen LogP contribution < -0.4 is 10.1 Å². The number of fused-ring (bicyclic) bond motifs is 1. The number of benzene rings is 1. The first-order chi connectivity index (χ1) is 9.92. The molecule has 2 heterocycles. The normalized spacial score (nSPS) is 18.5. The van der Waals surface area contributed by atoms with Crippen molar-refractivity contribution in [3.8, 4) is 5.75 Å². The highest BCUT2D eigenvalue weighted by Gasteiger charge is 2.32. The molecule has 0 aromatic heterocycles. The van der Waals surface area contributed by atoms with Crippen LogP contribution in [-0.4, -0.2) is 18.8 Å². The lowest BCUT2D eigenvalue weighted by atomic mass is 10.0. The molecule has 0 bridgehead atoms. The molecular formula is C14H12F3NO2S. The number of hydrogen-bond donors (Lipinski definition) is 1. The summed E-state index contributed by atoms with van der Waals surface area (Å²) in [5.74, 6) is -0.396. The predicted octanol–water partition coefficient (Wildman–Crippen LogP) is 3.40. The Kier molecular flexibility index (Phi) is 3.61. The van der Waals surface area contributed by atoms with Crippen molar-refractivity contribution < 1.29 is 22.7 Å². The van der Waals surface area contributed by atoms with Crippen LogP contribution in [0.15, 0.2) is 33.6 Å². The first-order valence-corrected chi connectivity index (χ1v) is 7.31. The molecule has 0 saturated heterocycles. The lowest BCUT2D eigenvalue weighted by Gasteiger charge is -2.21. The zero-order valence-corrected chi connectivity index (χ0v) is 11.7. The van der Waals surface area contributed by atoms with E-state index in [1.165, 1.54) is 23.9 Å². The molecule has 0 unspecified atom stereocenters. The first-order valence-electron chi connectivity index (χ1n) is 6.49. The summed E-state index contributed by atoms with van der Waals surface area (Å²) in [6.45, 7) is 0.630. The van der Waals surface area contributed by atoms with Crippen molar-refractivity contribution >= 4 is 17.7 Å². The van der Waals surface area contributed by atoms with Crippen LogP contribution in [0.25, 0.3) is 0 Å². The average Bonchev–Trinajstić information content (AvgIpc) is 2.57. The fourth-order valence-electron chi connectivity index (χ4n) is 2.46. The van der Waals surface area contributed by atoms with Crippen molar-refractivity contribution in [2.75, 3.05) is 6.54 Å². The Morgan fingerprint density at radius 3 is 2.86 bits per heavy atom. The molecule has 1 aromatic carbocycles. The maximum Gasteiger partial charge on any atom is 0.573 e. The van der Waals surface area contributed by atoms with Gasteiger partial charge in [-0.15, -0.1) is 13.2 Å². The SMILES string of the molecule is O=C1NCCCC2=C1Sc1cc(OC(F)(F)F)ccc1C2. The van der Waals surface area contributed by atoms with E-state index in [2.05, 4.69) is 10.1 Å². The second-order valence-electron chi connectivity index (χ2n) is 4.89. The maximum atomic E-state index is 12.3. The van der Waals surface area contributed by atoms with E-state index in [-0.39, 0.29) is 11.7 Å². The quantitative estimate of drug-likeness (QED) is 0.863. The lowest BCUT2D eigenvalue weighted by Crippen LogP contribution is -2.24. The molecule has 3 nitrogen and oxygen atoms in total. The third-order valence-electron chi connectivity index (χ3n) is 3.36. The highest BCUT2D eigenvalue weighted by atomic mass is 32.2. The Labute approximate surface area is 123 Å². The molecule has 0 saturated carbocycles. The largest absolute Gasteiger partial charge is 0.573 e. The predicted molar refractivity (Wildman–Crippen MR) is 72.0 cm³/mol. The third-order valence-corrected chi connectivity index (χ3v) is 4.63. The standard InChI is InChI=1S/C14H12F3NO2S/c15-14(16,17)20-10-4-3-8-6-9-2-1-5-18-13(19)12(9)21-11(8)7-10/h3-4,7H,1-2,5-6H2,(H,18,19). The van der Waals surface area contributed by atoms with Crippen LogP contribution in [0.1, 0.15) is 18.4 Å². The molecule has 0 spiro atoms. The minimum atomic E-state index is -4.71. The monoisotopic (exact) mass is 315 g/mol. The molecule has 0 fully saturated rings. The van der Waals surface area contributed by atoms with Gasteiger partial charge in [-0.05, 0) is 42.5 Å². The van der Waals surface area contributed by atoms with E-state index in [4.69, 9.17) is 0 Å². The van der Waals surface area contributed by atoms with Gasteiger partial charge in [-0.1, -0.05) is 17.8 Å². The van der Waals surface area contributed by atoms with Crippen molar-refractivity contribution in [3.63, 3.8) is 0 Å². The van der Waals surface area contributed by atoms with Crippen molar-refractivity contribution in [3.05, 3.63) is 34.2 Å². The van der Waals surface area contributed by atoms with E-state index < -0.39 is 6.36 Å². The van der Waals surface area contributed by atoms with Gasteiger partial charge in [0.25, 0.3) is 5.91 Å². The fraction of sp³-hybridized carbons (Fsp3) is 0.357. The number of nitrogens with one attached hydrogen (secondary N) is 1. The van der Waals surface area contributed by atoms with Crippen molar-refractivity contribution in [1.29, 1.82) is 0 Å². The topological polar surface area (TPSA) is 38.3 Å². The Morgan fingerprint density at radius 1 is 1.29 bits per heavy atom. The number of carbonyl (C=O) groups is 1. The van der Waals surface area contributed by atoms with E-state index in [0.717, 1.165) is 24.0 Å². The molecule has 1 amide bonds. The number of ether oxygens (including phenoxy) is 1. The molecule has 21 heavy (non-hydrogen) atoms. The molecule has 1 aromatic rings.